The summed E-state index contributed by atoms with van der Waals surface area (Å²) in [4.78, 5) is 19.8. The van der Waals surface area contributed by atoms with Gasteiger partial charge < -0.3 is 36.1 Å². The summed E-state index contributed by atoms with van der Waals surface area (Å²) in [6.07, 6.45) is 0. The number of aromatic nitrogens is 2. The van der Waals surface area contributed by atoms with Crippen LogP contribution in [-0.4, -0.2) is 37.3 Å². The molecule has 10 nitrogen and oxygen atoms in total. The number of carbonyl (C=O) groups excluding carboxylic acids is 1. The average molecular weight is 335 g/mol. The molecule has 6 N–H and O–H groups in total. The molecule has 2 rings (SSSR count). The number of hydrogen-bond acceptors (Lipinski definition) is 10. The van der Waals surface area contributed by atoms with E-state index in [1.165, 1.54) is 33.5 Å². The van der Waals surface area contributed by atoms with Gasteiger partial charge in [0, 0.05) is 0 Å². The number of carbonyl (C=O) groups is 1. The number of rotatable bonds is 5. The van der Waals surface area contributed by atoms with Crippen molar-refractivity contribution in [2.45, 2.75) is 0 Å². The molecule has 24 heavy (non-hydrogen) atoms. The number of nitrogens with zero attached hydrogens (tertiary/aromatic N) is 2. The Morgan fingerprint density at radius 1 is 0.875 bits per heavy atom. The molecule has 10 heteroatoms. The Labute approximate surface area is 137 Å². The Morgan fingerprint density at radius 2 is 1.38 bits per heavy atom. The molecule has 0 fully saturated rings. The molecule has 0 saturated carbocycles. The molecule has 0 spiro atoms. The van der Waals surface area contributed by atoms with Crippen molar-refractivity contribution in [3.63, 3.8) is 0 Å². The van der Waals surface area contributed by atoms with E-state index < -0.39 is 5.97 Å². The fourth-order valence-corrected chi connectivity index (χ4v) is 1.96. The fraction of sp³-hybridized carbons (Fsp3) is 0.214. The fourth-order valence-electron chi connectivity index (χ4n) is 1.96. The van der Waals surface area contributed by atoms with Crippen LogP contribution in [-0.2, 0) is 0 Å². The van der Waals surface area contributed by atoms with Gasteiger partial charge in [-0.15, -0.1) is 0 Å². The molecular weight excluding hydrogens is 318 g/mol. The molecule has 0 aliphatic rings. The molecule has 1 aromatic carbocycles. The van der Waals surface area contributed by atoms with E-state index in [4.69, 9.17) is 36.1 Å². The van der Waals surface area contributed by atoms with Gasteiger partial charge in [0.2, 0.25) is 17.4 Å². The Hall–Kier alpha value is -3.43. The lowest BCUT2D eigenvalue weighted by Gasteiger charge is -2.14. The van der Waals surface area contributed by atoms with Crippen LogP contribution in [0.15, 0.2) is 12.1 Å². The normalized spacial score (nSPS) is 10.1. The minimum Gasteiger partial charge on any atom is -0.493 e. The summed E-state index contributed by atoms with van der Waals surface area (Å²) in [5.41, 5.74) is 16.8. The number of ether oxygens (including phenoxy) is 4. The highest BCUT2D eigenvalue weighted by Crippen LogP contribution is 2.38. The highest BCUT2D eigenvalue weighted by atomic mass is 16.5. The SMILES string of the molecule is COc1cc(C(=O)Oc2c(N)nc(N)nc2N)cc(OC)c1OC. The summed E-state index contributed by atoms with van der Waals surface area (Å²) in [5.74, 6) is -0.453. The zero-order valence-corrected chi connectivity index (χ0v) is 13.3. The molecule has 128 valence electrons. The smallest absolute Gasteiger partial charge is 0.344 e. The maximum absolute atomic E-state index is 12.4. The molecule has 0 saturated heterocycles. The number of anilines is 3. The molecule has 0 aliphatic heterocycles. The summed E-state index contributed by atoms with van der Waals surface area (Å²) < 4.78 is 20.7. The van der Waals surface area contributed by atoms with E-state index in [0.717, 1.165) is 0 Å². The lowest BCUT2D eigenvalue weighted by Crippen LogP contribution is -2.14. The molecule has 2 aromatic rings. The van der Waals surface area contributed by atoms with Gasteiger partial charge in [0.25, 0.3) is 0 Å². The molecule has 1 aromatic heterocycles. The second-order valence-corrected chi connectivity index (χ2v) is 4.48. The van der Waals surface area contributed by atoms with Crippen molar-refractivity contribution in [2.24, 2.45) is 0 Å². The second-order valence-electron chi connectivity index (χ2n) is 4.48. The van der Waals surface area contributed by atoms with E-state index in [1.807, 2.05) is 0 Å². The molecule has 0 unspecified atom stereocenters. The van der Waals surface area contributed by atoms with E-state index in [2.05, 4.69) is 9.97 Å². The van der Waals surface area contributed by atoms with Crippen LogP contribution in [0.25, 0.3) is 0 Å². The minimum atomic E-state index is -0.763. The van der Waals surface area contributed by atoms with E-state index >= 15 is 0 Å². The third kappa shape index (κ3) is 3.16. The van der Waals surface area contributed by atoms with E-state index in [-0.39, 0.29) is 28.9 Å². The zero-order valence-electron chi connectivity index (χ0n) is 13.3. The first kappa shape index (κ1) is 16.9. The number of nitrogen functional groups attached to an aromatic ring is 3. The second kappa shape index (κ2) is 6.77. The van der Waals surface area contributed by atoms with Gasteiger partial charge in [-0.25, -0.2) is 4.79 Å². The lowest BCUT2D eigenvalue weighted by atomic mass is 10.2. The summed E-state index contributed by atoms with van der Waals surface area (Å²) >= 11 is 0. The molecule has 1 heterocycles. The van der Waals surface area contributed by atoms with Crippen molar-refractivity contribution < 1.29 is 23.7 Å². The maximum Gasteiger partial charge on any atom is 0.344 e. The molecule has 0 radical (unpaired) electrons. The van der Waals surface area contributed by atoms with Crippen LogP contribution >= 0.6 is 0 Å². The van der Waals surface area contributed by atoms with Crippen molar-refractivity contribution >= 4 is 23.6 Å². The van der Waals surface area contributed by atoms with Crippen LogP contribution in [0.4, 0.5) is 17.6 Å². The molecular formula is C14H17N5O5. The monoisotopic (exact) mass is 335 g/mol. The van der Waals surface area contributed by atoms with Gasteiger partial charge in [0.15, 0.2) is 23.1 Å². The number of nitrogens with two attached hydrogens (primary N) is 3. The third-order valence-corrected chi connectivity index (χ3v) is 3.03. The average Bonchev–Trinajstić information content (AvgIpc) is 2.56. The highest BCUT2D eigenvalue weighted by molar-refractivity contribution is 5.94. The molecule has 0 bridgehead atoms. The highest BCUT2D eigenvalue weighted by Gasteiger charge is 2.21. The van der Waals surface area contributed by atoms with Crippen LogP contribution in [0.5, 0.6) is 23.0 Å². The predicted octanol–water partition coefficient (Wildman–Crippen LogP) is 0.468. The van der Waals surface area contributed by atoms with Crippen molar-refractivity contribution in [2.75, 3.05) is 38.5 Å². The number of hydrogen-bond donors (Lipinski definition) is 3. The first-order valence-electron chi connectivity index (χ1n) is 6.61. The van der Waals surface area contributed by atoms with Gasteiger partial charge in [0.1, 0.15) is 0 Å². The van der Waals surface area contributed by atoms with Crippen LogP contribution in [0, 0.1) is 0 Å². The number of methoxy groups -OCH3 is 3. The van der Waals surface area contributed by atoms with E-state index in [1.54, 1.807) is 0 Å². The van der Waals surface area contributed by atoms with Crippen LogP contribution < -0.4 is 36.1 Å². The quantitative estimate of drug-likeness (QED) is 0.655. The largest absolute Gasteiger partial charge is 0.493 e. The Bertz CT molecular complexity index is 732. The summed E-state index contributed by atoms with van der Waals surface area (Å²) in [7, 11) is 4.30. The van der Waals surface area contributed by atoms with Crippen molar-refractivity contribution in [3.05, 3.63) is 17.7 Å². The summed E-state index contributed by atoms with van der Waals surface area (Å²) in [5, 5.41) is 0. The van der Waals surface area contributed by atoms with Gasteiger partial charge >= 0.3 is 5.97 Å². The van der Waals surface area contributed by atoms with Gasteiger partial charge in [-0.2, -0.15) is 9.97 Å². The van der Waals surface area contributed by atoms with Gasteiger partial charge in [0.05, 0.1) is 26.9 Å². The topological polar surface area (TPSA) is 158 Å². The Balaban J connectivity index is 2.40. The van der Waals surface area contributed by atoms with Gasteiger partial charge in [-0.1, -0.05) is 0 Å². The van der Waals surface area contributed by atoms with Crippen LogP contribution in [0.2, 0.25) is 0 Å². The van der Waals surface area contributed by atoms with E-state index in [9.17, 15) is 4.79 Å². The van der Waals surface area contributed by atoms with Crippen molar-refractivity contribution in [1.82, 2.24) is 9.97 Å². The van der Waals surface area contributed by atoms with Gasteiger partial charge in [-0.3, -0.25) is 0 Å². The molecule has 0 amide bonds. The van der Waals surface area contributed by atoms with E-state index in [0.29, 0.717) is 17.2 Å². The standard InChI is InChI=1S/C14H17N5O5/c1-21-7-4-6(5-8(22-2)9(7)23-3)13(20)24-10-11(15)18-14(17)19-12(10)16/h4-5H,1-3H3,(H6,15,16,17,18,19). The molecule has 0 atom stereocenters. The van der Waals surface area contributed by atoms with Crippen LogP contribution in [0.3, 0.4) is 0 Å². The van der Waals surface area contributed by atoms with Crippen molar-refractivity contribution in [1.29, 1.82) is 0 Å². The minimum absolute atomic E-state index is 0.125. The summed E-state index contributed by atoms with van der Waals surface area (Å²) in [6, 6.07) is 2.85. The third-order valence-electron chi connectivity index (χ3n) is 3.03. The Kier molecular flexibility index (Phi) is 4.78. The number of esters is 1. The summed E-state index contributed by atoms with van der Waals surface area (Å²) in [6.45, 7) is 0. The zero-order chi connectivity index (χ0) is 17.9. The Morgan fingerprint density at radius 3 is 1.79 bits per heavy atom. The van der Waals surface area contributed by atoms with Gasteiger partial charge in [-0.05, 0) is 12.1 Å². The lowest BCUT2D eigenvalue weighted by molar-refractivity contribution is 0.0735. The first-order valence-corrected chi connectivity index (χ1v) is 6.61. The maximum atomic E-state index is 12.4. The van der Waals surface area contributed by atoms with Crippen molar-refractivity contribution in [3.8, 4) is 23.0 Å². The predicted molar refractivity (Wildman–Crippen MR) is 86.3 cm³/mol. The molecule has 0 aliphatic carbocycles. The first-order chi connectivity index (χ1) is 11.4. The van der Waals surface area contributed by atoms with Crippen LogP contribution in [0.1, 0.15) is 10.4 Å². The number of benzene rings is 1.